The van der Waals surface area contributed by atoms with Gasteiger partial charge in [0.2, 0.25) is 5.91 Å². The molecule has 0 aromatic heterocycles. The first-order valence-corrected chi connectivity index (χ1v) is 3.41. The van der Waals surface area contributed by atoms with Crippen LogP contribution in [0.5, 0.6) is 0 Å². The molecule has 1 amide bonds. The van der Waals surface area contributed by atoms with Gasteiger partial charge in [-0.15, -0.1) is 0 Å². The predicted octanol–water partition coefficient (Wildman–Crippen LogP) is -1.01. The Hall–Kier alpha value is -0.610. The van der Waals surface area contributed by atoms with E-state index in [0.717, 1.165) is 12.8 Å². The molecule has 0 aromatic rings. The highest BCUT2D eigenvalue weighted by Crippen LogP contribution is 2.33. The Kier molecular flexibility index (Phi) is 2.24. The lowest BCUT2D eigenvalue weighted by Gasteiger charge is -2.33. The molecule has 4 N–H and O–H groups in total. The monoisotopic (exact) mass is 144 g/mol. The first kappa shape index (κ1) is 7.50. The van der Waals surface area contributed by atoms with Gasteiger partial charge in [-0.3, -0.25) is 10.2 Å². The molecule has 0 heterocycles. The molecule has 1 saturated carbocycles. The molecular formula is C6H12N2O2. The summed E-state index contributed by atoms with van der Waals surface area (Å²) < 4.78 is 0. The maximum Gasteiger partial charge on any atom is 0.237 e. The number of hydrogen-bond acceptors (Lipinski definition) is 3. The Balaban J connectivity index is 2.35. The summed E-state index contributed by atoms with van der Waals surface area (Å²) in [5.41, 5.74) is 2.08. The van der Waals surface area contributed by atoms with E-state index in [9.17, 15) is 4.79 Å². The first-order valence-electron chi connectivity index (χ1n) is 3.41. The third-order valence-corrected chi connectivity index (χ3v) is 2.13. The van der Waals surface area contributed by atoms with Gasteiger partial charge in [0.25, 0.3) is 0 Å². The Morgan fingerprint density at radius 3 is 2.70 bits per heavy atom. The molecule has 0 aromatic carbocycles. The van der Waals surface area contributed by atoms with Gasteiger partial charge in [0.15, 0.2) is 0 Å². The summed E-state index contributed by atoms with van der Waals surface area (Å²) >= 11 is 0. The third kappa shape index (κ3) is 1.12. The third-order valence-electron chi connectivity index (χ3n) is 2.13. The Labute approximate surface area is 59.4 Å². The van der Waals surface area contributed by atoms with Gasteiger partial charge in [-0.1, -0.05) is 0 Å². The van der Waals surface area contributed by atoms with E-state index < -0.39 is 0 Å². The number of aliphatic hydroxyl groups excluding tert-OH is 1. The number of rotatable bonds is 2. The van der Waals surface area contributed by atoms with Crippen molar-refractivity contribution in [2.45, 2.75) is 12.8 Å². The van der Waals surface area contributed by atoms with Crippen LogP contribution in [-0.4, -0.2) is 17.6 Å². The van der Waals surface area contributed by atoms with Crippen molar-refractivity contribution in [1.82, 2.24) is 5.43 Å². The molecule has 4 nitrogen and oxygen atoms in total. The van der Waals surface area contributed by atoms with Crippen molar-refractivity contribution in [2.24, 2.45) is 17.7 Å². The van der Waals surface area contributed by atoms with E-state index >= 15 is 0 Å². The maximum atomic E-state index is 10.8. The lowest BCUT2D eigenvalue weighted by atomic mass is 9.74. The van der Waals surface area contributed by atoms with Crippen LogP contribution in [-0.2, 0) is 4.79 Å². The Morgan fingerprint density at radius 2 is 2.40 bits per heavy atom. The van der Waals surface area contributed by atoms with Crippen molar-refractivity contribution in [2.75, 3.05) is 6.61 Å². The van der Waals surface area contributed by atoms with Gasteiger partial charge in [-0.05, 0) is 18.8 Å². The number of aliphatic hydroxyl groups is 1. The van der Waals surface area contributed by atoms with Gasteiger partial charge in [-0.2, -0.15) is 0 Å². The fraction of sp³-hybridized carbons (Fsp3) is 0.833. The molecule has 2 atom stereocenters. The molecule has 0 saturated heterocycles. The summed E-state index contributed by atoms with van der Waals surface area (Å²) in [5.74, 6) is 4.87. The first-order chi connectivity index (χ1) is 4.79. The van der Waals surface area contributed by atoms with Crippen LogP contribution in [0.3, 0.4) is 0 Å². The molecule has 1 aliphatic carbocycles. The molecular weight excluding hydrogens is 132 g/mol. The van der Waals surface area contributed by atoms with E-state index in [-0.39, 0.29) is 24.3 Å². The fourth-order valence-electron chi connectivity index (χ4n) is 1.24. The maximum absolute atomic E-state index is 10.8. The van der Waals surface area contributed by atoms with Crippen molar-refractivity contribution in [1.29, 1.82) is 0 Å². The number of carbonyl (C=O) groups excluding carboxylic acids is 1. The highest BCUT2D eigenvalue weighted by atomic mass is 16.3. The van der Waals surface area contributed by atoms with Crippen LogP contribution in [0.15, 0.2) is 0 Å². The van der Waals surface area contributed by atoms with Crippen LogP contribution in [0.2, 0.25) is 0 Å². The molecule has 1 aliphatic rings. The zero-order valence-corrected chi connectivity index (χ0v) is 5.71. The van der Waals surface area contributed by atoms with E-state index in [1.54, 1.807) is 0 Å². The summed E-state index contributed by atoms with van der Waals surface area (Å²) in [6, 6.07) is 0. The zero-order chi connectivity index (χ0) is 7.56. The minimum absolute atomic E-state index is 0.0463. The van der Waals surface area contributed by atoms with Crippen LogP contribution >= 0.6 is 0 Å². The van der Waals surface area contributed by atoms with Gasteiger partial charge in [0.05, 0.1) is 0 Å². The molecule has 0 aliphatic heterocycles. The Morgan fingerprint density at radius 1 is 1.70 bits per heavy atom. The number of hydrazine groups is 1. The van der Waals surface area contributed by atoms with Crippen molar-refractivity contribution >= 4 is 5.91 Å². The summed E-state index contributed by atoms with van der Waals surface area (Å²) in [6.45, 7) is 0.0953. The minimum atomic E-state index is -0.148. The lowest BCUT2D eigenvalue weighted by molar-refractivity contribution is -0.131. The molecule has 1 rings (SSSR count). The van der Waals surface area contributed by atoms with Crippen LogP contribution < -0.4 is 11.3 Å². The normalized spacial score (nSPS) is 31.0. The largest absolute Gasteiger partial charge is 0.396 e. The average molecular weight is 144 g/mol. The molecule has 10 heavy (non-hydrogen) atoms. The van der Waals surface area contributed by atoms with Gasteiger partial charge >= 0.3 is 0 Å². The van der Waals surface area contributed by atoms with E-state index in [1.807, 2.05) is 0 Å². The van der Waals surface area contributed by atoms with Crippen molar-refractivity contribution in [3.05, 3.63) is 0 Å². The zero-order valence-electron chi connectivity index (χ0n) is 5.71. The highest BCUT2D eigenvalue weighted by molar-refractivity contribution is 5.79. The summed E-state index contributed by atoms with van der Waals surface area (Å²) in [5, 5.41) is 8.68. The summed E-state index contributed by atoms with van der Waals surface area (Å²) in [6.07, 6.45) is 1.79. The molecule has 1 unspecified atom stereocenters. The van der Waals surface area contributed by atoms with Crippen LogP contribution in [0.25, 0.3) is 0 Å². The summed E-state index contributed by atoms with van der Waals surface area (Å²) in [7, 11) is 0. The topological polar surface area (TPSA) is 75.3 Å². The van der Waals surface area contributed by atoms with E-state index in [1.165, 1.54) is 0 Å². The van der Waals surface area contributed by atoms with Crippen LogP contribution in [0.4, 0.5) is 0 Å². The number of amides is 1. The van der Waals surface area contributed by atoms with Gasteiger partial charge in [0.1, 0.15) is 0 Å². The highest BCUT2D eigenvalue weighted by Gasteiger charge is 2.35. The number of nitrogens with two attached hydrogens (primary N) is 1. The van der Waals surface area contributed by atoms with E-state index in [0.29, 0.717) is 0 Å². The molecule has 1 fully saturated rings. The van der Waals surface area contributed by atoms with E-state index in [4.69, 9.17) is 10.9 Å². The fourth-order valence-corrected chi connectivity index (χ4v) is 1.24. The second-order valence-electron chi connectivity index (χ2n) is 2.64. The second-order valence-corrected chi connectivity index (χ2v) is 2.64. The molecule has 58 valence electrons. The quantitative estimate of drug-likeness (QED) is 0.264. The second kappa shape index (κ2) is 2.98. The smallest absolute Gasteiger partial charge is 0.237 e. The average Bonchev–Trinajstić information content (AvgIpc) is 1.86. The molecule has 0 radical (unpaired) electrons. The lowest BCUT2D eigenvalue weighted by Crippen LogP contribution is -2.44. The van der Waals surface area contributed by atoms with Crippen molar-refractivity contribution in [3.63, 3.8) is 0 Å². The standard InChI is InChI=1S/C6H12N2O2/c7-8-6(10)5-2-1-4(5)3-9/h4-5,9H,1-3,7H2,(H,8,10)/t4?,5-/m1/s1. The van der Waals surface area contributed by atoms with Gasteiger partial charge in [-0.25, -0.2) is 5.84 Å². The molecule has 0 bridgehead atoms. The van der Waals surface area contributed by atoms with Crippen molar-refractivity contribution in [3.8, 4) is 0 Å². The predicted molar refractivity (Wildman–Crippen MR) is 35.6 cm³/mol. The SMILES string of the molecule is NNC(=O)[C@@H]1CCC1CO. The number of nitrogens with one attached hydrogen (secondary N) is 1. The number of hydrogen-bond donors (Lipinski definition) is 3. The van der Waals surface area contributed by atoms with Crippen LogP contribution in [0.1, 0.15) is 12.8 Å². The Bertz CT molecular complexity index is 136. The summed E-state index contributed by atoms with van der Waals surface area (Å²) in [4.78, 5) is 10.8. The van der Waals surface area contributed by atoms with Crippen LogP contribution in [0, 0.1) is 11.8 Å². The van der Waals surface area contributed by atoms with Gasteiger partial charge in [0, 0.05) is 12.5 Å². The molecule has 0 spiro atoms. The van der Waals surface area contributed by atoms with Gasteiger partial charge < -0.3 is 5.11 Å². The molecule has 4 heteroatoms. The van der Waals surface area contributed by atoms with E-state index in [2.05, 4.69) is 5.43 Å². The minimum Gasteiger partial charge on any atom is -0.396 e. The number of carbonyl (C=O) groups is 1. The van der Waals surface area contributed by atoms with Crippen molar-refractivity contribution < 1.29 is 9.90 Å².